The van der Waals surface area contributed by atoms with E-state index in [1.807, 2.05) is 0 Å². The van der Waals surface area contributed by atoms with Crippen molar-refractivity contribution in [2.24, 2.45) is 0 Å². The topological polar surface area (TPSA) is 216 Å². The summed E-state index contributed by atoms with van der Waals surface area (Å²) in [6.45, 7) is -0.638. The smallest absolute Gasteiger partial charge is 0.443 e. The summed E-state index contributed by atoms with van der Waals surface area (Å²) in [5.74, 6) is 0.0869. The number of H-pyrrole nitrogens is 1. The Hall–Kier alpha value is -1.41. The zero-order valence-electron chi connectivity index (χ0n) is 15.8. The summed E-state index contributed by atoms with van der Waals surface area (Å²) >= 11 is 0. The minimum absolute atomic E-state index is 0.0869. The first kappa shape index (κ1) is 25.2. The molecular formula is C12H16BF2N4O10P3-. The van der Waals surface area contributed by atoms with Crippen molar-refractivity contribution < 1.29 is 50.7 Å². The molecule has 0 aliphatic carbocycles. The van der Waals surface area contributed by atoms with Crippen LogP contribution in [0.5, 0.6) is 0 Å². The summed E-state index contributed by atoms with van der Waals surface area (Å²) in [6, 6.07) is 1.46. The molecule has 0 saturated carbocycles. The van der Waals surface area contributed by atoms with Crippen LogP contribution in [0.2, 0.25) is 0 Å². The van der Waals surface area contributed by atoms with Crippen LogP contribution in [0.25, 0.3) is 11.0 Å². The molecule has 0 aromatic carbocycles. The fourth-order valence-corrected chi connectivity index (χ4v) is 6.72. The number of aromatic amines is 1. The molecule has 1 saturated heterocycles. The van der Waals surface area contributed by atoms with Gasteiger partial charge in [0.05, 0.1) is 32.0 Å². The van der Waals surface area contributed by atoms with Gasteiger partial charge in [-0.25, -0.2) is 4.98 Å². The fraction of sp³-hybridized carbons (Fsp3) is 0.500. The van der Waals surface area contributed by atoms with Crippen LogP contribution in [-0.2, 0) is 27.3 Å². The fourth-order valence-electron chi connectivity index (χ4n) is 2.88. The van der Waals surface area contributed by atoms with Crippen LogP contribution < -0.4 is 11.3 Å². The maximum absolute atomic E-state index is 13.5. The van der Waals surface area contributed by atoms with E-state index in [1.54, 1.807) is 0 Å². The Morgan fingerprint density at radius 1 is 1.34 bits per heavy atom. The third-order valence-corrected chi connectivity index (χ3v) is 9.57. The number of fused-ring (bicyclic) bond motifs is 1. The third-order valence-electron chi connectivity index (χ3n) is 4.35. The van der Waals surface area contributed by atoms with Crippen LogP contribution in [0.15, 0.2) is 17.2 Å². The van der Waals surface area contributed by atoms with E-state index in [0.29, 0.717) is 11.9 Å². The van der Waals surface area contributed by atoms with Crippen LogP contribution in [0, 0.1) is 0 Å². The Balaban J connectivity index is 1.65. The van der Waals surface area contributed by atoms with Crippen LogP contribution in [0.4, 0.5) is 14.6 Å². The molecule has 3 radical (unpaired) electrons. The molecule has 0 amide bonds. The molecule has 6 N–H and O–H groups in total. The highest BCUT2D eigenvalue weighted by Gasteiger charge is 2.65. The van der Waals surface area contributed by atoms with Crippen molar-refractivity contribution >= 4 is 47.1 Å². The molecule has 0 spiro atoms. The van der Waals surface area contributed by atoms with Gasteiger partial charge in [-0.15, -0.1) is 0 Å². The zero-order chi connectivity index (χ0) is 24.1. The summed E-state index contributed by atoms with van der Waals surface area (Å²) in [4.78, 5) is 44.5. The quantitative estimate of drug-likeness (QED) is 0.246. The lowest BCUT2D eigenvalue weighted by atomic mass is 10.2. The first-order valence-electron chi connectivity index (χ1n) is 8.56. The first-order chi connectivity index (χ1) is 14.5. The maximum atomic E-state index is 13.5. The lowest BCUT2D eigenvalue weighted by Gasteiger charge is -2.32. The minimum Gasteiger partial charge on any atom is -0.443 e. The largest absolute Gasteiger partial charge is 0.444 e. The van der Waals surface area contributed by atoms with Crippen molar-refractivity contribution in [3.05, 3.63) is 22.7 Å². The Kier molecular flexibility index (Phi) is 6.64. The monoisotopic (exact) mass is 518 g/mol. The predicted octanol–water partition coefficient (Wildman–Crippen LogP) is 1.21. The molecule has 3 heterocycles. The standard InChI is InChI=1S/C12H16BF2N4O10P3/c13-32(26,29-31(24,25)12(14,15)30(21,22)23)27-4-6-1-2-9(28-6)19-5-17-10-7(19)3-8(16)18-11(10)20/h3,5-6,9H,1-2,4H2,(H,24,25)(H3,16,18,20)(H2,21,22,23)/q-1. The Labute approximate surface area is 178 Å². The van der Waals surface area contributed by atoms with Crippen LogP contribution >= 0.6 is 22.7 Å². The summed E-state index contributed by atoms with van der Waals surface area (Å²) in [5, 5.41) is -5.56. The van der Waals surface area contributed by atoms with Gasteiger partial charge in [0.25, 0.3) is 5.56 Å². The van der Waals surface area contributed by atoms with E-state index in [4.69, 9.17) is 27.8 Å². The van der Waals surface area contributed by atoms with Crippen molar-refractivity contribution in [3.63, 3.8) is 0 Å². The van der Waals surface area contributed by atoms with Gasteiger partial charge in [0.1, 0.15) is 12.0 Å². The number of halogens is 2. The second-order valence-corrected chi connectivity index (χ2v) is 12.3. The van der Waals surface area contributed by atoms with Crippen molar-refractivity contribution in [2.45, 2.75) is 30.6 Å². The van der Waals surface area contributed by atoms with Gasteiger partial charge in [0.15, 0.2) is 5.52 Å². The Morgan fingerprint density at radius 3 is 2.62 bits per heavy atom. The van der Waals surface area contributed by atoms with E-state index in [-0.39, 0.29) is 17.8 Å². The van der Waals surface area contributed by atoms with Gasteiger partial charge in [0, 0.05) is 6.07 Å². The SMILES string of the molecule is [B-]P(=O)(OCC1CCC(n2cnc3c(=O)[nH]c(N)cc32)O1)OP(=O)(O)C(F)(F)P(=O)(O)O. The van der Waals surface area contributed by atoms with Crippen molar-refractivity contribution in [1.82, 2.24) is 14.5 Å². The molecule has 20 heteroatoms. The Morgan fingerprint density at radius 2 is 2.00 bits per heavy atom. The van der Waals surface area contributed by atoms with Crippen LogP contribution in [0.1, 0.15) is 19.1 Å². The molecule has 4 atom stereocenters. The van der Waals surface area contributed by atoms with Gasteiger partial charge in [-0.1, -0.05) is 0 Å². The molecule has 1 aliphatic rings. The molecule has 1 fully saturated rings. The molecule has 2 aromatic rings. The lowest BCUT2D eigenvalue weighted by Crippen LogP contribution is -2.19. The molecule has 3 rings (SSSR count). The molecule has 4 unspecified atom stereocenters. The molecule has 177 valence electrons. The average molecular weight is 518 g/mol. The number of imidazole rings is 1. The van der Waals surface area contributed by atoms with Gasteiger partial charge in [-0.2, -0.15) is 8.78 Å². The minimum atomic E-state index is -6.50. The number of hydrogen-bond acceptors (Lipinski definition) is 9. The van der Waals surface area contributed by atoms with Gasteiger partial charge in [-0.3, -0.25) is 18.2 Å². The number of nitrogens with zero attached hydrogens (tertiary/aromatic N) is 2. The van der Waals surface area contributed by atoms with Crippen molar-refractivity contribution in [2.75, 3.05) is 12.3 Å². The maximum Gasteiger partial charge on any atom is 0.444 e. The first-order valence-corrected chi connectivity index (χ1v) is 13.4. The summed E-state index contributed by atoms with van der Waals surface area (Å²) in [7, 11) is -13.1. The van der Waals surface area contributed by atoms with Crippen molar-refractivity contribution in [3.8, 4) is 0 Å². The van der Waals surface area contributed by atoms with E-state index in [1.165, 1.54) is 17.0 Å². The zero-order valence-corrected chi connectivity index (χ0v) is 18.5. The third kappa shape index (κ3) is 4.91. The highest BCUT2D eigenvalue weighted by molar-refractivity contribution is 7.86. The highest BCUT2D eigenvalue weighted by Crippen LogP contribution is 2.77. The van der Waals surface area contributed by atoms with E-state index >= 15 is 0 Å². The average Bonchev–Trinajstić information content (AvgIpc) is 3.24. The number of nitrogens with two attached hydrogens (primary N) is 1. The number of alkyl halides is 2. The summed E-state index contributed by atoms with van der Waals surface area (Å²) in [6.07, 6.45) is 0.430. The van der Waals surface area contributed by atoms with E-state index in [0.717, 1.165) is 0 Å². The molecule has 32 heavy (non-hydrogen) atoms. The number of aromatic nitrogens is 3. The highest BCUT2D eigenvalue weighted by atomic mass is 31.3. The number of pyridine rings is 1. The summed E-state index contributed by atoms with van der Waals surface area (Å²) in [5.41, 5.74) is 5.58. The second-order valence-electron chi connectivity index (χ2n) is 6.72. The molecule has 0 bridgehead atoms. The Bertz CT molecular complexity index is 1230. The van der Waals surface area contributed by atoms with Gasteiger partial charge >= 0.3 is 20.6 Å². The molecule has 1 aliphatic heterocycles. The van der Waals surface area contributed by atoms with Crippen LogP contribution in [-0.4, -0.2) is 54.9 Å². The molecule has 14 nitrogen and oxygen atoms in total. The number of anilines is 1. The molecule has 2 aromatic heterocycles. The predicted molar refractivity (Wildman–Crippen MR) is 105 cm³/mol. The van der Waals surface area contributed by atoms with Gasteiger partial charge < -0.3 is 51.4 Å². The molecular weight excluding hydrogens is 502 g/mol. The lowest BCUT2D eigenvalue weighted by molar-refractivity contribution is -0.0165. The van der Waals surface area contributed by atoms with Gasteiger partial charge in [-0.05, 0) is 12.8 Å². The van der Waals surface area contributed by atoms with Gasteiger partial charge in [0.2, 0.25) is 0 Å². The normalized spacial score (nSPS) is 23.8. The number of nitrogens with one attached hydrogen (secondary N) is 1. The number of rotatable bonds is 8. The summed E-state index contributed by atoms with van der Waals surface area (Å²) < 4.78 is 76.7. The van der Waals surface area contributed by atoms with E-state index < -0.39 is 52.6 Å². The number of ether oxygens (including phenoxy) is 1. The number of hydrogen-bond donors (Lipinski definition) is 5. The van der Waals surface area contributed by atoms with Crippen molar-refractivity contribution in [1.29, 1.82) is 0 Å². The van der Waals surface area contributed by atoms with E-state index in [2.05, 4.69) is 18.8 Å². The van der Waals surface area contributed by atoms with Crippen LogP contribution in [0.3, 0.4) is 0 Å². The van der Waals surface area contributed by atoms with E-state index in [9.17, 15) is 32.2 Å². The second kappa shape index (κ2) is 8.42. The number of nitrogen functional groups attached to an aromatic ring is 1.